The summed E-state index contributed by atoms with van der Waals surface area (Å²) >= 11 is 0. The number of unbranched alkanes of at least 4 members (excludes halogenated alkanes) is 1. The molecule has 0 atom stereocenters. The average molecular weight is 266 g/mol. The van der Waals surface area contributed by atoms with Crippen LogP contribution >= 0.6 is 0 Å². The standard InChI is InChI=1S/C17H18N2O/c18-12-4-5-13-19-14-15-8-10-17(11-9-15)20-16-6-2-1-3-7-16/h1-3,6-11,19H,4-5,13-14H2. The van der Waals surface area contributed by atoms with E-state index in [1.807, 2.05) is 42.5 Å². The topological polar surface area (TPSA) is 45.0 Å². The summed E-state index contributed by atoms with van der Waals surface area (Å²) in [6.45, 7) is 1.69. The van der Waals surface area contributed by atoms with Crippen molar-refractivity contribution in [3.8, 4) is 17.6 Å². The first kappa shape index (κ1) is 14.1. The summed E-state index contributed by atoms with van der Waals surface area (Å²) in [4.78, 5) is 0. The van der Waals surface area contributed by atoms with Gasteiger partial charge in [0.2, 0.25) is 0 Å². The van der Waals surface area contributed by atoms with Crippen LogP contribution in [0.5, 0.6) is 11.5 Å². The summed E-state index contributed by atoms with van der Waals surface area (Å²) in [7, 11) is 0. The van der Waals surface area contributed by atoms with E-state index < -0.39 is 0 Å². The lowest BCUT2D eigenvalue weighted by Gasteiger charge is -2.07. The number of hydrogen-bond donors (Lipinski definition) is 1. The van der Waals surface area contributed by atoms with Gasteiger partial charge < -0.3 is 10.1 Å². The van der Waals surface area contributed by atoms with Gasteiger partial charge in [-0.05, 0) is 42.8 Å². The Morgan fingerprint density at radius 2 is 1.65 bits per heavy atom. The molecule has 20 heavy (non-hydrogen) atoms. The molecule has 0 aliphatic heterocycles. The molecule has 3 nitrogen and oxygen atoms in total. The summed E-state index contributed by atoms with van der Waals surface area (Å²) in [5.41, 5.74) is 1.21. The van der Waals surface area contributed by atoms with E-state index in [9.17, 15) is 0 Å². The predicted octanol–water partition coefficient (Wildman–Crippen LogP) is 3.87. The number of ether oxygens (including phenoxy) is 1. The van der Waals surface area contributed by atoms with Crippen molar-refractivity contribution in [2.75, 3.05) is 6.54 Å². The molecule has 0 aromatic heterocycles. The second-order valence-electron chi connectivity index (χ2n) is 4.50. The predicted molar refractivity (Wildman–Crippen MR) is 79.5 cm³/mol. The Morgan fingerprint density at radius 3 is 2.35 bits per heavy atom. The third kappa shape index (κ3) is 4.75. The monoisotopic (exact) mass is 266 g/mol. The molecule has 0 spiro atoms. The molecule has 0 saturated carbocycles. The smallest absolute Gasteiger partial charge is 0.127 e. The molecule has 1 N–H and O–H groups in total. The molecule has 3 heteroatoms. The quantitative estimate of drug-likeness (QED) is 0.774. The first-order chi connectivity index (χ1) is 9.88. The van der Waals surface area contributed by atoms with Gasteiger partial charge in [0.15, 0.2) is 0 Å². The molecule has 2 aromatic carbocycles. The van der Waals surface area contributed by atoms with Crippen molar-refractivity contribution in [2.24, 2.45) is 0 Å². The van der Waals surface area contributed by atoms with E-state index in [-0.39, 0.29) is 0 Å². The molecule has 102 valence electrons. The van der Waals surface area contributed by atoms with E-state index in [1.54, 1.807) is 0 Å². The van der Waals surface area contributed by atoms with Crippen molar-refractivity contribution in [2.45, 2.75) is 19.4 Å². The molecule has 0 heterocycles. The molecule has 0 unspecified atom stereocenters. The van der Waals surface area contributed by atoms with Crippen molar-refractivity contribution >= 4 is 0 Å². The molecule has 2 aromatic rings. The molecule has 0 bridgehead atoms. The van der Waals surface area contributed by atoms with Crippen LogP contribution in [0, 0.1) is 11.3 Å². The SMILES string of the molecule is N#CCCCNCc1ccc(Oc2ccccc2)cc1. The maximum absolute atomic E-state index is 8.44. The van der Waals surface area contributed by atoms with Crippen LogP contribution < -0.4 is 10.1 Å². The van der Waals surface area contributed by atoms with E-state index in [2.05, 4.69) is 23.5 Å². The van der Waals surface area contributed by atoms with Gasteiger partial charge in [0, 0.05) is 13.0 Å². The van der Waals surface area contributed by atoms with Crippen LogP contribution in [0.4, 0.5) is 0 Å². The number of benzene rings is 2. The summed E-state index contributed by atoms with van der Waals surface area (Å²) in [5, 5.41) is 11.8. The second-order valence-corrected chi connectivity index (χ2v) is 4.50. The fourth-order valence-corrected chi connectivity index (χ4v) is 1.83. The Labute approximate surface area is 119 Å². The lowest BCUT2D eigenvalue weighted by atomic mass is 10.2. The highest BCUT2D eigenvalue weighted by Gasteiger charge is 1.97. The molecule has 0 aliphatic carbocycles. The fraction of sp³-hybridized carbons (Fsp3) is 0.235. The average Bonchev–Trinajstić information content (AvgIpc) is 2.50. The minimum absolute atomic E-state index is 0.608. The minimum atomic E-state index is 0.608. The normalized spacial score (nSPS) is 9.95. The fourth-order valence-electron chi connectivity index (χ4n) is 1.83. The van der Waals surface area contributed by atoms with Crippen LogP contribution in [0.2, 0.25) is 0 Å². The summed E-state index contributed by atoms with van der Waals surface area (Å²) in [5.74, 6) is 1.68. The van der Waals surface area contributed by atoms with Crippen molar-refractivity contribution < 1.29 is 4.74 Å². The summed E-state index contributed by atoms with van der Waals surface area (Å²) in [6, 6.07) is 19.9. The van der Waals surface area contributed by atoms with Gasteiger partial charge in [-0.15, -0.1) is 0 Å². The van der Waals surface area contributed by atoms with Crippen molar-refractivity contribution in [1.29, 1.82) is 5.26 Å². The second kappa shape index (κ2) is 7.98. The van der Waals surface area contributed by atoms with Crippen molar-refractivity contribution in [1.82, 2.24) is 5.32 Å². The number of hydrogen-bond acceptors (Lipinski definition) is 3. The number of nitrogens with one attached hydrogen (secondary N) is 1. The van der Waals surface area contributed by atoms with Crippen LogP contribution in [-0.2, 0) is 6.54 Å². The number of rotatable bonds is 7. The highest BCUT2D eigenvalue weighted by atomic mass is 16.5. The van der Waals surface area contributed by atoms with E-state index in [0.717, 1.165) is 31.0 Å². The minimum Gasteiger partial charge on any atom is -0.457 e. The van der Waals surface area contributed by atoms with Gasteiger partial charge in [0.25, 0.3) is 0 Å². The molecule has 0 amide bonds. The molecule has 0 saturated heterocycles. The van der Waals surface area contributed by atoms with Gasteiger partial charge in [-0.25, -0.2) is 0 Å². The van der Waals surface area contributed by atoms with Gasteiger partial charge in [-0.1, -0.05) is 30.3 Å². The van der Waals surface area contributed by atoms with Crippen LogP contribution in [0.15, 0.2) is 54.6 Å². The van der Waals surface area contributed by atoms with E-state index in [0.29, 0.717) is 6.42 Å². The van der Waals surface area contributed by atoms with Gasteiger partial charge in [-0.2, -0.15) is 5.26 Å². The molecular formula is C17H18N2O. The zero-order valence-electron chi connectivity index (χ0n) is 11.4. The Bertz CT molecular complexity index is 543. The summed E-state index contributed by atoms with van der Waals surface area (Å²) in [6.07, 6.45) is 1.50. The Hall–Kier alpha value is -2.31. The Balaban J connectivity index is 1.79. The number of nitrogens with zero attached hydrogens (tertiary/aromatic N) is 1. The van der Waals surface area contributed by atoms with Crippen molar-refractivity contribution in [3.05, 3.63) is 60.2 Å². The third-order valence-electron chi connectivity index (χ3n) is 2.87. The largest absolute Gasteiger partial charge is 0.457 e. The number of para-hydroxylation sites is 1. The van der Waals surface area contributed by atoms with E-state index in [1.165, 1.54) is 5.56 Å². The molecule has 0 aliphatic rings. The molecular weight excluding hydrogens is 248 g/mol. The Morgan fingerprint density at radius 1 is 0.950 bits per heavy atom. The Kier molecular flexibility index (Phi) is 5.63. The van der Waals surface area contributed by atoms with E-state index in [4.69, 9.17) is 10.00 Å². The lowest BCUT2D eigenvalue weighted by Crippen LogP contribution is -2.14. The summed E-state index contributed by atoms with van der Waals surface area (Å²) < 4.78 is 5.73. The van der Waals surface area contributed by atoms with Crippen molar-refractivity contribution in [3.63, 3.8) is 0 Å². The molecule has 0 radical (unpaired) electrons. The zero-order valence-corrected chi connectivity index (χ0v) is 11.4. The third-order valence-corrected chi connectivity index (χ3v) is 2.87. The van der Waals surface area contributed by atoms with Gasteiger partial charge in [0.1, 0.15) is 11.5 Å². The van der Waals surface area contributed by atoms with Crippen LogP contribution in [0.3, 0.4) is 0 Å². The molecule has 0 fully saturated rings. The van der Waals surface area contributed by atoms with Crippen LogP contribution in [-0.4, -0.2) is 6.54 Å². The van der Waals surface area contributed by atoms with Gasteiger partial charge >= 0.3 is 0 Å². The maximum Gasteiger partial charge on any atom is 0.127 e. The zero-order chi connectivity index (χ0) is 14.0. The van der Waals surface area contributed by atoms with Gasteiger partial charge in [0.05, 0.1) is 6.07 Å². The highest BCUT2D eigenvalue weighted by Crippen LogP contribution is 2.20. The first-order valence-corrected chi connectivity index (χ1v) is 6.78. The highest BCUT2D eigenvalue weighted by molar-refractivity contribution is 5.32. The first-order valence-electron chi connectivity index (χ1n) is 6.78. The van der Waals surface area contributed by atoms with Crippen LogP contribution in [0.1, 0.15) is 18.4 Å². The van der Waals surface area contributed by atoms with Gasteiger partial charge in [-0.3, -0.25) is 0 Å². The lowest BCUT2D eigenvalue weighted by molar-refractivity contribution is 0.482. The number of nitriles is 1. The maximum atomic E-state index is 8.44. The van der Waals surface area contributed by atoms with Crippen LogP contribution in [0.25, 0.3) is 0 Å². The van der Waals surface area contributed by atoms with E-state index >= 15 is 0 Å². The molecule has 2 rings (SSSR count).